The zero-order valence-corrected chi connectivity index (χ0v) is 17.8. The first-order valence-corrected chi connectivity index (χ1v) is 11.7. The van der Waals surface area contributed by atoms with Crippen molar-refractivity contribution in [3.63, 3.8) is 0 Å². The van der Waals surface area contributed by atoms with Crippen LogP contribution in [-0.2, 0) is 9.53 Å². The summed E-state index contributed by atoms with van der Waals surface area (Å²) >= 11 is 0. The van der Waals surface area contributed by atoms with Crippen LogP contribution in [0.25, 0.3) is 0 Å². The summed E-state index contributed by atoms with van der Waals surface area (Å²) in [4.78, 5) is 34.0. The van der Waals surface area contributed by atoms with Gasteiger partial charge in [-0.15, -0.1) is 0 Å². The monoisotopic (exact) mass is 425 g/mol. The molecule has 166 valence electrons. The van der Waals surface area contributed by atoms with Gasteiger partial charge in [0.1, 0.15) is 11.9 Å². The molecular formula is C23H31N5O3. The molecule has 8 heteroatoms. The van der Waals surface area contributed by atoms with Crippen LogP contribution < -0.4 is 16.4 Å². The van der Waals surface area contributed by atoms with Crippen LogP contribution in [0, 0.1) is 29.1 Å². The van der Waals surface area contributed by atoms with E-state index in [2.05, 4.69) is 9.88 Å². The lowest BCUT2D eigenvalue weighted by molar-refractivity contribution is -0.161. The smallest absolute Gasteiger partial charge is 0.410 e. The summed E-state index contributed by atoms with van der Waals surface area (Å²) in [7, 11) is 0. The van der Waals surface area contributed by atoms with Crippen molar-refractivity contribution in [3.8, 4) is 0 Å². The molecule has 7 rings (SSSR count). The zero-order valence-electron chi connectivity index (χ0n) is 17.8. The maximum Gasteiger partial charge on any atom is 0.410 e. The van der Waals surface area contributed by atoms with Crippen LogP contribution in [-0.4, -0.2) is 53.7 Å². The standard InChI is InChI=1S/C23H31N5O3/c24-17-1-2-19(26-10-17)28-4-3-14-11-27(12-18(14)28)22(30)31-20-15-5-13-6-16(20)9-23(7-13,8-15)21(25)29/h1-2,10,13-16,18,20H,3-9,11-12,24H2,(H2,25,29)/t13?,14?,15?,16?,18?,20-,23-. The van der Waals surface area contributed by atoms with Crippen molar-refractivity contribution in [2.45, 2.75) is 50.7 Å². The summed E-state index contributed by atoms with van der Waals surface area (Å²) in [5.74, 6) is 2.34. The first-order chi connectivity index (χ1) is 14.9. The normalized spacial score (nSPS) is 40.3. The summed E-state index contributed by atoms with van der Waals surface area (Å²) in [5.41, 5.74) is 11.9. The highest BCUT2D eigenvalue weighted by Gasteiger charge is 2.59. The molecular weight excluding hydrogens is 394 g/mol. The van der Waals surface area contributed by atoms with Gasteiger partial charge in [-0.3, -0.25) is 4.79 Å². The molecule has 4 aliphatic carbocycles. The third kappa shape index (κ3) is 2.97. The van der Waals surface area contributed by atoms with E-state index in [0.717, 1.165) is 57.4 Å². The number of likely N-dealkylation sites (tertiary alicyclic amines) is 1. The molecule has 1 aromatic heterocycles. The molecule has 6 fully saturated rings. The first kappa shape index (κ1) is 19.2. The van der Waals surface area contributed by atoms with Gasteiger partial charge in [0.25, 0.3) is 0 Å². The Morgan fingerprint density at radius 2 is 1.87 bits per heavy atom. The fraction of sp³-hybridized carbons (Fsp3) is 0.696. The number of carbonyl (C=O) groups is 2. The van der Waals surface area contributed by atoms with Gasteiger partial charge < -0.3 is 26.0 Å². The number of aromatic nitrogens is 1. The fourth-order valence-corrected chi connectivity index (χ4v) is 7.63. The molecule has 6 aliphatic rings. The third-order valence-electron chi connectivity index (χ3n) is 8.82. The fourth-order valence-electron chi connectivity index (χ4n) is 7.63. The number of carbonyl (C=O) groups excluding carboxylic acids is 2. The molecule has 4 N–H and O–H groups in total. The van der Waals surface area contributed by atoms with Crippen LogP contribution in [0.3, 0.4) is 0 Å². The number of ether oxygens (including phenoxy) is 1. The summed E-state index contributed by atoms with van der Waals surface area (Å²) in [6, 6.07) is 4.12. The predicted molar refractivity (Wildman–Crippen MR) is 115 cm³/mol. The lowest BCUT2D eigenvalue weighted by Gasteiger charge is -2.58. The average molecular weight is 426 g/mol. The summed E-state index contributed by atoms with van der Waals surface area (Å²) in [6.45, 7) is 2.37. The van der Waals surface area contributed by atoms with Gasteiger partial charge in [-0.25, -0.2) is 9.78 Å². The number of nitrogens with two attached hydrogens (primary N) is 2. The Balaban J connectivity index is 1.12. The van der Waals surface area contributed by atoms with Crippen LogP contribution in [0.4, 0.5) is 16.3 Å². The van der Waals surface area contributed by atoms with Crippen LogP contribution >= 0.6 is 0 Å². The number of nitrogen functional groups attached to an aromatic ring is 1. The molecule has 0 aromatic carbocycles. The number of hydrogen-bond acceptors (Lipinski definition) is 6. The van der Waals surface area contributed by atoms with Gasteiger partial charge in [0, 0.05) is 25.6 Å². The molecule has 0 spiro atoms. The zero-order chi connectivity index (χ0) is 21.3. The quantitative estimate of drug-likeness (QED) is 0.765. The molecule has 8 nitrogen and oxygen atoms in total. The molecule has 4 atom stereocenters. The van der Waals surface area contributed by atoms with Crippen molar-refractivity contribution in [3.05, 3.63) is 18.3 Å². The summed E-state index contributed by atoms with van der Waals surface area (Å²) in [6.07, 6.45) is 7.12. The van der Waals surface area contributed by atoms with E-state index in [1.165, 1.54) is 0 Å². The van der Waals surface area contributed by atoms with E-state index in [1.807, 2.05) is 17.0 Å². The Bertz CT molecular complexity index is 889. The molecule has 2 aliphatic heterocycles. The van der Waals surface area contributed by atoms with Crippen LogP contribution in [0.1, 0.15) is 38.5 Å². The van der Waals surface area contributed by atoms with Crippen LogP contribution in [0.15, 0.2) is 18.3 Å². The van der Waals surface area contributed by atoms with Gasteiger partial charge in [0.15, 0.2) is 0 Å². The minimum atomic E-state index is -0.351. The number of nitrogens with zero attached hydrogens (tertiary/aromatic N) is 3. The van der Waals surface area contributed by atoms with E-state index in [1.54, 1.807) is 6.20 Å². The maximum absolute atomic E-state index is 13.1. The predicted octanol–water partition coefficient (Wildman–Crippen LogP) is 1.99. The van der Waals surface area contributed by atoms with E-state index < -0.39 is 0 Å². The average Bonchev–Trinajstić information content (AvgIpc) is 3.32. The Morgan fingerprint density at radius 1 is 1.10 bits per heavy atom. The minimum absolute atomic E-state index is 0.0631. The van der Waals surface area contributed by atoms with Crippen molar-refractivity contribution in [1.29, 1.82) is 0 Å². The molecule has 31 heavy (non-hydrogen) atoms. The number of pyridine rings is 1. The van der Waals surface area contributed by atoms with E-state index in [-0.39, 0.29) is 41.4 Å². The van der Waals surface area contributed by atoms with Gasteiger partial charge in [0.05, 0.1) is 23.3 Å². The maximum atomic E-state index is 13.1. The Morgan fingerprint density at radius 3 is 2.55 bits per heavy atom. The SMILES string of the molecule is Nc1ccc(N2CCC3CN(C(=O)O[C@H]4C5CC6CC4C[C@](C(N)=O)(C6)C5)CC32)nc1. The molecule has 2 amide bonds. The topological polar surface area (TPSA) is 115 Å². The number of fused-ring (bicyclic) bond motifs is 1. The molecule has 3 heterocycles. The van der Waals surface area contributed by atoms with Crippen LogP contribution in [0.2, 0.25) is 0 Å². The highest BCUT2D eigenvalue weighted by Crippen LogP contribution is 2.60. The lowest BCUT2D eigenvalue weighted by atomic mass is 9.48. The van der Waals surface area contributed by atoms with Gasteiger partial charge in [0.2, 0.25) is 5.91 Å². The van der Waals surface area contributed by atoms with Gasteiger partial charge >= 0.3 is 6.09 Å². The van der Waals surface area contributed by atoms with Gasteiger partial charge in [-0.2, -0.15) is 0 Å². The Hall–Kier alpha value is -2.51. The first-order valence-electron chi connectivity index (χ1n) is 11.7. The number of primary amides is 1. The number of hydrogen-bond donors (Lipinski definition) is 2. The van der Waals surface area contributed by atoms with Crippen molar-refractivity contribution in [2.75, 3.05) is 30.3 Å². The molecule has 2 saturated heterocycles. The second-order valence-electron chi connectivity index (χ2n) is 10.6. The molecule has 4 saturated carbocycles. The Labute approximate surface area is 182 Å². The van der Waals surface area contributed by atoms with E-state index in [9.17, 15) is 9.59 Å². The molecule has 1 aromatic rings. The van der Waals surface area contributed by atoms with Crippen LogP contribution in [0.5, 0.6) is 0 Å². The largest absolute Gasteiger partial charge is 0.446 e. The Kier molecular flexibility index (Phi) is 4.17. The van der Waals surface area contributed by atoms with E-state index in [0.29, 0.717) is 24.1 Å². The van der Waals surface area contributed by atoms with Crippen molar-refractivity contribution < 1.29 is 14.3 Å². The van der Waals surface area contributed by atoms with Gasteiger partial charge in [-0.1, -0.05) is 0 Å². The minimum Gasteiger partial charge on any atom is -0.446 e. The molecule has 4 unspecified atom stereocenters. The number of rotatable bonds is 3. The molecule has 0 radical (unpaired) electrons. The highest BCUT2D eigenvalue weighted by molar-refractivity contribution is 5.81. The third-order valence-corrected chi connectivity index (χ3v) is 8.82. The van der Waals surface area contributed by atoms with Crippen molar-refractivity contribution >= 4 is 23.5 Å². The van der Waals surface area contributed by atoms with Crippen molar-refractivity contribution in [1.82, 2.24) is 9.88 Å². The highest BCUT2D eigenvalue weighted by atomic mass is 16.6. The van der Waals surface area contributed by atoms with Gasteiger partial charge in [-0.05, 0) is 68.4 Å². The second kappa shape index (κ2) is 6.74. The summed E-state index contributed by atoms with van der Waals surface area (Å²) < 4.78 is 6.14. The number of amides is 2. The lowest BCUT2D eigenvalue weighted by Crippen LogP contribution is -2.59. The van der Waals surface area contributed by atoms with E-state index in [4.69, 9.17) is 16.2 Å². The van der Waals surface area contributed by atoms with Crippen molar-refractivity contribution in [2.24, 2.45) is 34.8 Å². The van der Waals surface area contributed by atoms with E-state index >= 15 is 0 Å². The number of anilines is 2. The second-order valence-corrected chi connectivity index (χ2v) is 10.6. The molecule has 4 bridgehead atoms. The summed E-state index contributed by atoms with van der Waals surface area (Å²) in [5, 5.41) is 0.